The van der Waals surface area contributed by atoms with Gasteiger partial charge in [-0.25, -0.2) is 4.79 Å². The lowest BCUT2D eigenvalue weighted by atomic mass is 10.2. The van der Waals surface area contributed by atoms with Gasteiger partial charge in [0.25, 0.3) is 0 Å². The van der Waals surface area contributed by atoms with E-state index in [4.69, 9.17) is 16.3 Å². The highest BCUT2D eigenvalue weighted by atomic mass is 35.5. The standard InChI is InChI=1S/C10H8ClNO2S/c1-2-14-10(13)7-3-4-9(12-6-15)8(11)5-7/h3-5H,2H2,1H3. The second kappa shape index (κ2) is 5.61. The van der Waals surface area contributed by atoms with Crippen molar-refractivity contribution in [3.05, 3.63) is 28.8 Å². The van der Waals surface area contributed by atoms with E-state index in [1.165, 1.54) is 6.07 Å². The number of ether oxygens (including phenoxy) is 1. The fraction of sp³-hybridized carbons (Fsp3) is 0.200. The first-order chi connectivity index (χ1) is 7.19. The van der Waals surface area contributed by atoms with E-state index < -0.39 is 5.97 Å². The average Bonchev–Trinajstić information content (AvgIpc) is 2.21. The lowest BCUT2D eigenvalue weighted by molar-refractivity contribution is 0.0526. The molecule has 0 aliphatic carbocycles. The Morgan fingerprint density at radius 2 is 2.40 bits per heavy atom. The molecular formula is C10H8ClNO2S. The van der Waals surface area contributed by atoms with E-state index in [1.807, 2.05) is 0 Å². The van der Waals surface area contributed by atoms with Crippen molar-refractivity contribution in [2.75, 3.05) is 6.61 Å². The number of aliphatic imine (C=N–C) groups is 1. The van der Waals surface area contributed by atoms with Gasteiger partial charge in [0, 0.05) is 0 Å². The van der Waals surface area contributed by atoms with Gasteiger partial charge in [-0.1, -0.05) is 11.6 Å². The molecule has 1 aromatic rings. The van der Waals surface area contributed by atoms with Gasteiger partial charge in [0.1, 0.15) is 0 Å². The van der Waals surface area contributed by atoms with Crippen LogP contribution in [-0.2, 0) is 4.74 Å². The highest BCUT2D eigenvalue weighted by molar-refractivity contribution is 7.78. The number of halogens is 1. The molecule has 0 aliphatic heterocycles. The van der Waals surface area contributed by atoms with E-state index in [-0.39, 0.29) is 0 Å². The van der Waals surface area contributed by atoms with Crippen LogP contribution in [0.4, 0.5) is 5.69 Å². The number of esters is 1. The first-order valence-corrected chi connectivity index (χ1v) is 5.02. The number of benzene rings is 1. The van der Waals surface area contributed by atoms with Gasteiger partial charge in [-0.05, 0) is 37.3 Å². The van der Waals surface area contributed by atoms with Crippen molar-refractivity contribution in [1.82, 2.24) is 0 Å². The minimum Gasteiger partial charge on any atom is -0.462 e. The molecule has 0 radical (unpaired) electrons. The predicted molar refractivity (Wildman–Crippen MR) is 62.1 cm³/mol. The van der Waals surface area contributed by atoms with Crippen LogP contribution in [0.1, 0.15) is 17.3 Å². The van der Waals surface area contributed by atoms with E-state index in [1.54, 1.807) is 19.1 Å². The first-order valence-electron chi connectivity index (χ1n) is 4.23. The van der Waals surface area contributed by atoms with E-state index in [2.05, 4.69) is 22.4 Å². The Balaban J connectivity index is 3.00. The van der Waals surface area contributed by atoms with Crippen LogP contribution in [0.3, 0.4) is 0 Å². The molecule has 0 saturated carbocycles. The van der Waals surface area contributed by atoms with E-state index in [0.717, 1.165) is 0 Å². The molecule has 0 fully saturated rings. The summed E-state index contributed by atoms with van der Waals surface area (Å²) in [6, 6.07) is 4.66. The molecular weight excluding hydrogens is 234 g/mol. The van der Waals surface area contributed by atoms with Crippen molar-refractivity contribution in [3.8, 4) is 0 Å². The fourth-order valence-electron chi connectivity index (χ4n) is 0.988. The summed E-state index contributed by atoms with van der Waals surface area (Å²) in [4.78, 5) is 15.1. The predicted octanol–water partition coefficient (Wildman–Crippen LogP) is 3.25. The Kier molecular flexibility index (Phi) is 4.43. The number of isothiocyanates is 1. The summed E-state index contributed by atoms with van der Waals surface area (Å²) >= 11 is 10.3. The average molecular weight is 242 g/mol. The van der Waals surface area contributed by atoms with Gasteiger partial charge in [-0.2, -0.15) is 4.99 Å². The first kappa shape index (κ1) is 11.9. The van der Waals surface area contributed by atoms with Crippen LogP contribution in [0.15, 0.2) is 23.2 Å². The Morgan fingerprint density at radius 3 is 2.93 bits per heavy atom. The van der Waals surface area contributed by atoms with Crippen LogP contribution in [-0.4, -0.2) is 17.7 Å². The molecule has 0 N–H and O–H groups in total. The molecule has 1 aromatic carbocycles. The summed E-state index contributed by atoms with van der Waals surface area (Å²) in [6.07, 6.45) is 0. The van der Waals surface area contributed by atoms with Gasteiger partial charge >= 0.3 is 5.97 Å². The van der Waals surface area contributed by atoms with E-state index in [9.17, 15) is 4.79 Å². The lowest BCUT2D eigenvalue weighted by Crippen LogP contribution is -2.04. The fourth-order valence-corrected chi connectivity index (χ4v) is 1.31. The maximum absolute atomic E-state index is 11.3. The summed E-state index contributed by atoms with van der Waals surface area (Å²) < 4.78 is 4.82. The largest absolute Gasteiger partial charge is 0.462 e. The SMILES string of the molecule is CCOC(=O)c1ccc(N=C=S)c(Cl)c1. The molecule has 78 valence electrons. The van der Waals surface area contributed by atoms with Crippen LogP contribution < -0.4 is 0 Å². The number of hydrogen-bond donors (Lipinski definition) is 0. The maximum atomic E-state index is 11.3. The molecule has 0 amide bonds. The van der Waals surface area contributed by atoms with Crippen molar-refractivity contribution in [2.24, 2.45) is 4.99 Å². The van der Waals surface area contributed by atoms with Crippen molar-refractivity contribution in [3.63, 3.8) is 0 Å². The quantitative estimate of drug-likeness (QED) is 0.463. The molecule has 3 nitrogen and oxygen atoms in total. The minimum absolute atomic E-state index is 0.330. The normalized spacial score (nSPS) is 9.20. The molecule has 0 spiro atoms. The molecule has 0 heterocycles. The molecule has 0 atom stereocenters. The van der Waals surface area contributed by atoms with Gasteiger partial charge in [-0.3, -0.25) is 0 Å². The van der Waals surface area contributed by atoms with Gasteiger partial charge in [0.15, 0.2) is 0 Å². The lowest BCUT2D eigenvalue weighted by Gasteiger charge is -2.02. The summed E-state index contributed by atoms with van der Waals surface area (Å²) in [5.74, 6) is -0.405. The van der Waals surface area contributed by atoms with Gasteiger partial charge in [-0.15, -0.1) is 0 Å². The second-order valence-corrected chi connectivity index (χ2v) is 3.18. The Labute approximate surface area is 97.7 Å². The number of hydrogen-bond acceptors (Lipinski definition) is 4. The van der Waals surface area contributed by atoms with Crippen molar-refractivity contribution < 1.29 is 9.53 Å². The van der Waals surface area contributed by atoms with Crippen LogP contribution in [0.25, 0.3) is 0 Å². The number of carbonyl (C=O) groups excluding carboxylic acids is 1. The summed E-state index contributed by atoms with van der Waals surface area (Å²) in [5, 5.41) is 2.55. The molecule has 1 rings (SSSR count). The zero-order valence-corrected chi connectivity index (χ0v) is 9.56. The van der Waals surface area contributed by atoms with Crippen LogP contribution in [0.2, 0.25) is 5.02 Å². The number of carbonyl (C=O) groups is 1. The minimum atomic E-state index is -0.405. The molecule has 0 aromatic heterocycles. The van der Waals surface area contributed by atoms with Gasteiger partial charge < -0.3 is 4.74 Å². The third-order valence-corrected chi connectivity index (χ3v) is 2.02. The van der Waals surface area contributed by atoms with Crippen LogP contribution >= 0.6 is 23.8 Å². The third kappa shape index (κ3) is 3.13. The van der Waals surface area contributed by atoms with Crippen LogP contribution in [0.5, 0.6) is 0 Å². The topological polar surface area (TPSA) is 38.7 Å². The van der Waals surface area contributed by atoms with E-state index in [0.29, 0.717) is 22.9 Å². The molecule has 0 bridgehead atoms. The van der Waals surface area contributed by atoms with Crippen LogP contribution in [0, 0.1) is 0 Å². The molecule has 5 heteroatoms. The highest BCUT2D eigenvalue weighted by Crippen LogP contribution is 2.25. The monoisotopic (exact) mass is 241 g/mol. The molecule has 0 saturated heterocycles. The zero-order chi connectivity index (χ0) is 11.3. The number of rotatable bonds is 3. The molecule has 15 heavy (non-hydrogen) atoms. The van der Waals surface area contributed by atoms with E-state index >= 15 is 0 Å². The molecule has 0 aliphatic rings. The summed E-state index contributed by atoms with van der Waals surface area (Å²) in [7, 11) is 0. The second-order valence-electron chi connectivity index (χ2n) is 2.59. The zero-order valence-electron chi connectivity index (χ0n) is 7.99. The maximum Gasteiger partial charge on any atom is 0.338 e. The smallest absolute Gasteiger partial charge is 0.338 e. The highest BCUT2D eigenvalue weighted by Gasteiger charge is 2.08. The van der Waals surface area contributed by atoms with Gasteiger partial charge in [0.05, 0.1) is 28.0 Å². The third-order valence-electron chi connectivity index (χ3n) is 1.62. The Morgan fingerprint density at radius 1 is 1.67 bits per heavy atom. The summed E-state index contributed by atoms with van der Waals surface area (Å²) in [5.41, 5.74) is 0.880. The van der Waals surface area contributed by atoms with Gasteiger partial charge in [0.2, 0.25) is 0 Å². The van der Waals surface area contributed by atoms with Crippen molar-refractivity contribution in [2.45, 2.75) is 6.92 Å². The Hall–Kier alpha value is -1.22. The summed E-state index contributed by atoms with van der Waals surface area (Å²) in [6.45, 7) is 2.07. The number of thiocarbonyl (C=S) groups is 1. The molecule has 0 unspecified atom stereocenters. The Bertz CT molecular complexity index is 427. The number of nitrogens with zero attached hydrogens (tertiary/aromatic N) is 1. The van der Waals surface area contributed by atoms with Crippen molar-refractivity contribution >= 4 is 40.6 Å². The van der Waals surface area contributed by atoms with Crippen molar-refractivity contribution in [1.29, 1.82) is 0 Å².